The van der Waals surface area contributed by atoms with Gasteiger partial charge >= 0.3 is 0 Å². The van der Waals surface area contributed by atoms with Crippen molar-refractivity contribution in [3.63, 3.8) is 0 Å². The molecule has 0 bridgehead atoms. The Kier molecular flexibility index (Phi) is 7.67. The van der Waals surface area contributed by atoms with Gasteiger partial charge < -0.3 is 15.5 Å². The lowest BCUT2D eigenvalue weighted by atomic mass is 9.92. The topological polar surface area (TPSA) is 44.4 Å². The van der Waals surface area contributed by atoms with Crippen LogP contribution in [0.5, 0.6) is 0 Å². The van der Waals surface area contributed by atoms with Crippen molar-refractivity contribution < 1.29 is 4.79 Å². The van der Waals surface area contributed by atoms with Crippen LogP contribution in [-0.4, -0.2) is 50.1 Å². The van der Waals surface area contributed by atoms with Crippen molar-refractivity contribution in [2.45, 2.75) is 52.4 Å². The second-order valence-corrected chi connectivity index (χ2v) is 7.66. The van der Waals surface area contributed by atoms with Gasteiger partial charge in [0.2, 0.25) is 5.91 Å². The summed E-state index contributed by atoms with van der Waals surface area (Å²) < 4.78 is 0. The second kappa shape index (κ2) is 9.51. The van der Waals surface area contributed by atoms with Gasteiger partial charge in [0.1, 0.15) is 0 Å². The summed E-state index contributed by atoms with van der Waals surface area (Å²) in [5.74, 6) is 2.64. The summed E-state index contributed by atoms with van der Waals surface area (Å²) in [6.07, 6.45) is 6.67. The molecule has 3 unspecified atom stereocenters. The van der Waals surface area contributed by atoms with Crippen LogP contribution < -0.4 is 10.6 Å². The third-order valence-corrected chi connectivity index (χ3v) is 5.11. The van der Waals surface area contributed by atoms with Crippen molar-refractivity contribution in [1.82, 2.24) is 15.5 Å². The third-order valence-electron chi connectivity index (χ3n) is 5.11. The zero-order valence-electron chi connectivity index (χ0n) is 14.6. The minimum atomic E-state index is 0.243. The Hall–Kier alpha value is -0.610. The van der Waals surface area contributed by atoms with E-state index in [1.165, 1.54) is 38.9 Å². The fraction of sp³-hybridized carbons (Fsp3) is 0.944. The Morgan fingerprint density at radius 3 is 2.68 bits per heavy atom. The van der Waals surface area contributed by atoms with Gasteiger partial charge in [0, 0.05) is 26.1 Å². The molecular weight excluding hydrogens is 274 g/mol. The molecule has 2 aliphatic heterocycles. The van der Waals surface area contributed by atoms with Crippen molar-refractivity contribution in [3.05, 3.63) is 0 Å². The molecule has 128 valence electrons. The molecule has 2 fully saturated rings. The molecule has 2 heterocycles. The first-order chi connectivity index (χ1) is 10.6. The summed E-state index contributed by atoms with van der Waals surface area (Å²) in [5.41, 5.74) is 0. The molecule has 0 aromatic carbocycles. The van der Waals surface area contributed by atoms with Crippen molar-refractivity contribution in [2.75, 3.05) is 39.3 Å². The standard InChI is InChI=1S/C18H35N3O/c1-15-11-16(2)14-21(13-15)10-4-3-8-20-18(22)6-5-17-7-9-19-12-17/h15-17,19H,3-14H2,1-2H3,(H,20,22). The molecule has 3 atom stereocenters. The van der Waals surface area contributed by atoms with Gasteiger partial charge in [-0.05, 0) is 69.5 Å². The molecule has 4 heteroatoms. The first-order valence-corrected chi connectivity index (χ1v) is 9.33. The fourth-order valence-corrected chi connectivity index (χ4v) is 4.05. The van der Waals surface area contributed by atoms with E-state index in [4.69, 9.17) is 0 Å². The quantitative estimate of drug-likeness (QED) is 0.676. The van der Waals surface area contributed by atoms with E-state index in [2.05, 4.69) is 29.4 Å². The highest BCUT2D eigenvalue weighted by Crippen LogP contribution is 2.21. The maximum atomic E-state index is 11.8. The molecule has 22 heavy (non-hydrogen) atoms. The van der Waals surface area contributed by atoms with Crippen molar-refractivity contribution in [2.24, 2.45) is 17.8 Å². The number of nitrogens with one attached hydrogen (secondary N) is 2. The van der Waals surface area contributed by atoms with Gasteiger partial charge in [0.25, 0.3) is 0 Å². The number of likely N-dealkylation sites (tertiary alicyclic amines) is 1. The van der Waals surface area contributed by atoms with Gasteiger partial charge in [-0.2, -0.15) is 0 Å². The number of carbonyl (C=O) groups excluding carboxylic acids is 1. The lowest BCUT2D eigenvalue weighted by molar-refractivity contribution is -0.121. The number of amides is 1. The molecular formula is C18H35N3O. The molecule has 2 N–H and O–H groups in total. The number of unbranched alkanes of at least 4 members (excludes halogenated alkanes) is 1. The van der Waals surface area contributed by atoms with Crippen molar-refractivity contribution >= 4 is 5.91 Å². The summed E-state index contributed by atoms with van der Waals surface area (Å²) in [5, 5.41) is 6.44. The van der Waals surface area contributed by atoms with E-state index in [1.807, 2.05) is 0 Å². The van der Waals surface area contributed by atoms with Gasteiger partial charge in [-0.25, -0.2) is 0 Å². The Labute approximate surface area is 136 Å². The summed E-state index contributed by atoms with van der Waals surface area (Å²) in [6, 6.07) is 0. The highest BCUT2D eigenvalue weighted by molar-refractivity contribution is 5.75. The SMILES string of the molecule is CC1CC(C)CN(CCCCNC(=O)CCC2CCNC2)C1. The van der Waals surface area contributed by atoms with Crippen LogP contribution in [0.25, 0.3) is 0 Å². The number of carbonyl (C=O) groups is 1. The van der Waals surface area contributed by atoms with Crippen LogP contribution in [0.4, 0.5) is 0 Å². The molecule has 0 aromatic heterocycles. The van der Waals surface area contributed by atoms with E-state index >= 15 is 0 Å². The van der Waals surface area contributed by atoms with Crippen LogP contribution in [0.3, 0.4) is 0 Å². The molecule has 4 nitrogen and oxygen atoms in total. The van der Waals surface area contributed by atoms with Crippen molar-refractivity contribution in [3.8, 4) is 0 Å². The molecule has 0 spiro atoms. The summed E-state index contributed by atoms with van der Waals surface area (Å²) >= 11 is 0. The van der Waals surface area contributed by atoms with Gasteiger partial charge in [-0.15, -0.1) is 0 Å². The number of nitrogens with zero attached hydrogens (tertiary/aromatic N) is 1. The highest BCUT2D eigenvalue weighted by atomic mass is 16.1. The summed E-state index contributed by atoms with van der Waals surface area (Å²) in [7, 11) is 0. The van der Waals surface area contributed by atoms with E-state index in [0.717, 1.165) is 44.3 Å². The molecule has 0 radical (unpaired) electrons. The number of hydrogen-bond acceptors (Lipinski definition) is 3. The number of piperidine rings is 1. The van der Waals surface area contributed by atoms with Gasteiger partial charge in [-0.3, -0.25) is 4.79 Å². The summed E-state index contributed by atoms with van der Waals surface area (Å²) in [6.45, 7) is 11.5. The Bertz CT molecular complexity index is 318. The van der Waals surface area contributed by atoms with Crippen LogP contribution in [0.15, 0.2) is 0 Å². The Balaban J connectivity index is 1.45. The molecule has 2 aliphatic rings. The highest BCUT2D eigenvalue weighted by Gasteiger charge is 2.21. The van der Waals surface area contributed by atoms with Crippen LogP contribution >= 0.6 is 0 Å². The Morgan fingerprint density at radius 1 is 1.23 bits per heavy atom. The molecule has 0 saturated carbocycles. The zero-order chi connectivity index (χ0) is 15.8. The van der Waals surface area contributed by atoms with Gasteiger partial charge in [0.15, 0.2) is 0 Å². The second-order valence-electron chi connectivity index (χ2n) is 7.66. The average Bonchev–Trinajstić information content (AvgIpc) is 2.97. The van der Waals surface area contributed by atoms with E-state index in [0.29, 0.717) is 12.3 Å². The summed E-state index contributed by atoms with van der Waals surface area (Å²) in [4.78, 5) is 14.4. The molecule has 0 aliphatic carbocycles. The predicted octanol–water partition coefficient (Wildman–Crippen LogP) is 2.25. The third kappa shape index (κ3) is 6.66. The maximum Gasteiger partial charge on any atom is 0.220 e. The Morgan fingerprint density at radius 2 is 2.00 bits per heavy atom. The largest absolute Gasteiger partial charge is 0.356 e. The monoisotopic (exact) mass is 309 g/mol. The lowest BCUT2D eigenvalue weighted by Gasteiger charge is -2.34. The first-order valence-electron chi connectivity index (χ1n) is 9.33. The minimum absolute atomic E-state index is 0.243. The molecule has 2 rings (SSSR count). The van der Waals surface area contributed by atoms with E-state index in [9.17, 15) is 4.79 Å². The molecule has 2 saturated heterocycles. The van der Waals surface area contributed by atoms with Crippen LogP contribution in [0.2, 0.25) is 0 Å². The number of hydrogen-bond donors (Lipinski definition) is 2. The number of rotatable bonds is 8. The lowest BCUT2D eigenvalue weighted by Crippen LogP contribution is -2.39. The van der Waals surface area contributed by atoms with E-state index in [1.54, 1.807) is 0 Å². The normalized spacial score (nSPS) is 29.6. The average molecular weight is 309 g/mol. The van der Waals surface area contributed by atoms with Crippen LogP contribution in [-0.2, 0) is 4.79 Å². The van der Waals surface area contributed by atoms with Gasteiger partial charge in [0.05, 0.1) is 0 Å². The smallest absolute Gasteiger partial charge is 0.220 e. The molecule has 1 amide bonds. The zero-order valence-corrected chi connectivity index (χ0v) is 14.6. The minimum Gasteiger partial charge on any atom is -0.356 e. The maximum absolute atomic E-state index is 11.8. The van der Waals surface area contributed by atoms with E-state index < -0.39 is 0 Å². The molecule has 0 aromatic rings. The van der Waals surface area contributed by atoms with Crippen molar-refractivity contribution in [1.29, 1.82) is 0 Å². The van der Waals surface area contributed by atoms with Gasteiger partial charge in [-0.1, -0.05) is 13.8 Å². The first kappa shape index (κ1) is 17.7. The van der Waals surface area contributed by atoms with Crippen LogP contribution in [0, 0.1) is 17.8 Å². The van der Waals surface area contributed by atoms with E-state index in [-0.39, 0.29) is 5.91 Å². The van der Waals surface area contributed by atoms with Crippen LogP contribution in [0.1, 0.15) is 52.4 Å². The predicted molar refractivity (Wildman–Crippen MR) is 91.8 cm³/mol. The fourth-order valence-electron chi connectivity index (χ4n) is 4.05.